The number of hydrogen-bond donors (Lipinski definition) is 2. The number of alkyl halides is 2. The third-order valence-electron chi connectivity index (χ3n) is 4.14. The molecule has 0 spiro atoms. The molecule has 0 amide bonds. The van der Waals surface area contributed by atoms with Gasteiger partial charge < -0.3 is 10.2 Å². The molecule has 88 valence electrons. The molecule has 0 unspecified atom stereocenters. The van der Waals surface area contributed by atoms with Crippen LogP contribution in [-0.2, 0) is 4.79 Å². The maximum atomic E-state index is 11.3. The molecule has 0 heterocycles. The molecular formula is C10H16Cl2O3. The van der Waals surface area contributed by atoms with Crippen LogP contribution in [-0.4, -0.2) is 27.6 Å². The molecule has 0 aliphatic heterocycles. The average Bonchev–Trinajstić information content (AvgIpc) is 2.42. The van der Waals surface area contributed by atoms with Gasteiger partial charge in [-0.05, 0) is 25.7 Å². The number of carboxylic acid groups (broad SMARTS) is 1. The molecular weight excluding hydrogens is 239 g/mol. The number of carbonyl (C=O) groups is 1. The second kappa shape index (κ2) is 4.11. The number of aliphatic hydroxyl groups is 1. The third kappa shape index (κ3) is 1.75. The van der Waals surface area contributed by atoms with Crippen LogP contribution in [0.2, 0.25) is 0 Å². The summed E-state index contributed by atoms with van der Waals surface area (Å²) in [4.78, 5) is 10.6. The Bertz CT molecular complexity index is 269. The first-order valence-corrected chi connectivity index (χ1v) is 5.79. The van der Waals surface area contributed by atoms with Crippen molar-refractivity contribution in [3.8, 4) is 0 Å². The maximum Gasteiger partial charge on any atom is 0.310 e. The maximum absolute atomic E-state index is 11.3. The summed E-state index contributed by atoms with van der Waals surface area (Å²) in [7, 11) is 0. The van der Waals surface area contributed by atoms with Crippen molar-refractivity contribution >= 4 is 29.2 Å². The SMILES string of the molecule is C[C@]1(C(=O)O)CC[C@@H](C(Cl)Cl)[C@@]1(C)CO. The Morgan fingerprint density at radius 1 is 1.53 bits per heavy atom. The van der Waals surface area contributed by atoms with E-state index in [1.807, 2.05) is 0 Å². The van der Waals surface area contributed by atoms with Gasteiger partial charge in [0.25, 0.3) is 0 Å². The summed E-state index contributed by atoms with van der Waals surface area (Å²) >= 11 is 11.7. The Labute approximate surface area is 99.4 Å². The van der Waals surface area contributed by atoms with E-state index in [0.29, 0.717) is 12.8 Å². The van der Waals surface area contributed by atoms with Gasteiger partial charge in [0, 0.05) is 12.0 Å². The van der Waals surface area contributed by atoms with Crippen LogP contribution >= 0.6 is 23.2 Å². The Morgan fingerprint density at radius 3 is 2.40 bits per heavy atom. The van der Waals surface area contributed by atoms with E-state index in [1.165, 1.54) is 0 Å². The summed E-state index contributed by atoms with van der Waals surface area (Å²) in [5, 5.41) is 18.7. The van der Waals surface area contributed by atoms with Crippen molar-refractivity contribution in [1.82, 2.24) is 0 Å². The predicted molar refractivity (Wildman–Crippen MR) is 59.2 cm³/mol. The first kappa shape index (κ1) is 13.1. The van der Waals surface area contributed by atoms with Gasteiger partial charge >= 0.3 is 5.97 Å². The molecule has 0 bridgehead atoms. The molecule has 1 fully saturated rings. The fourth-order valence-electron chi connectivity index (χ4n) is 2.50. The van der Waals surface area contributed by atoms with Crippen molar-refractivity contribution in [2.75, 3.05) is 6.61 Å². The lowest BCUT2D eigenvalue weighted by atomic mass is 9.65. The zero-order valence-electron chi connectivity index (χ0n) is 8.83. The molecule has 0 saturated heterocycles. The van der Waals surface area contributed by atoms with Crippen LogP contribution in [0.4, 0.5) is 0 Å². The molecule has 1 aliphatic rings. The molecule has 2 N–H and O–H groups in total. The summed E-state index contributed by atoms with van der Waals surface area (Å²) in [6, 6.07) is 0. The molecule has 1 aliphatic carbocycles. The molecule has 0 aromatic heterocycles. The largest absolute Gasteiger partial charge is 0.481 e. The molecule has 1 saturated carbocycles. The first-order chi connectivity index (χ1) is 6.79. The Morgan fingerprint density at radius 2 is 2.07 bits per heavy atom. The quantitative estimate of drug-likeness (QED) is 0.760. The van der Waals surface area contributed by atoms with Crippen molar-refractivity contribution in [2.45, 2.75) is 31.5 Å². The summed E-state index contributed by atoms with van der Waals surface area (Å²) in [6.07, 6.45) is 1.14. The van der Waals surface area contributed by atoms with Crippen molar-refractivity contribution in [2.24, 2.45) is 16.7 Å². The van der Waals surface area contributed by atoms with Crippen LogP contribution in [0.3, 0.4) is 0 Å². The standard InChI is InChI=1S/C10H16Cl2O3/c1-9(8(14)15)4-3-6(7(11)12)10(9,2)5-13/h6-7,13H,3-5H2,1-2H3,(H,14,15)/t6-,9+,10+/m0/s1. The normalized spacial score (nSPS) is 41.1. The topological polar surface area (TPSA) is 57.5 Å². The van der Waals surface area contributed by atoms with Crippen molar-refractivity contribution in [3.05, 3.63) is 0 Å². The van der Waals surface area contributed by atoms with Crippen LogP contribution in [0.25, 0.3) is 0 Å². The van der Waals surface area contributed by atoms with Gasteiger partial charge in [0.05, 0.1) is 5.41 Å². The van der Waals surface area contributed by atoms with E-state index in [-0.39, 0.29) is 12.5 Å². The van der Waals surface area contributed by atoms with Gasteiger partial charge in [0.2, 0.25) is 0 Å². The smallest absolute Gasteiger partial charge is 0.310 e. The van der Waals surface area contributed by atoms with E-state index in [9.17, 15) is 15.0 Å². The van der Waals surface area contributed by atoms with Gasteiger partial charge in [-0.25, -0.2) is 0 Å². The van der Waals surface area contributed by atoms with E-state index in [2.05, 4.69) is 0 Å². The van der Waals surface area contributed by atoms with Crippen LogP contribution in [0.1, 0.15) is 26.7 Å². The van der Waals surface area contributed by atoms with Gasteiger partial charge in [-0.15, -0.1) is 23.2 Å². The fourth-order valence-corrected chi connectivity index (χ4v) is 3.31. The molecule has 0 aromatic carbocycles. The summed E-state index contributed by atoms with van der Waals surface area (Å²) in [5.41, 5.74) is -1.71. The highest BCUT2D eigenvalue weighted by Crippen LogP contribution is 2.58. The van der Waals surface area contributed by atoms with Gasteiger partial charge in [0.15, 0.2) is 0 Å². The van der Waals surface area contributed by atoms with Gasteiger partial charge in [-0.3, -0.25) is 4.79 Å². The minimum absolute atomic E-state index is 0.174. The number of carboxylic acids is 1. The molecule has 15 heavy (non-hydrogen) atoms. The molecule has 1 rings (SSSR count). The number of rotatable bonds is 3. The van der Waals surface area contributed by atoms with Gasteiger partial charge in [0.1, 0.15) is 4.84 Å². The highest BCUT2D eigenvalue weighted by Gasteiger charge is 2.60. The summed E-state index contributed by atoms with van der Waals surface area (Å²) < 4.78 is 0. The Balaban J connectivity index is 3.11. The second-order valence-electron chi connectivity index (χ2n) is 4.69. The van der Waals surface area contributed by atoms with Gasteiger partial charge in [-0.2, -0.15) is 0 Å². The Kier molecular flexibility index (Phi) is 3.59. The van der Waals surface area contributed by atoms with E-state index >= 15 is 0 Å². The van der Waals surface area contributed by atoms with E-state index < -0.39 is 21.6 Å². The highest BCUT2D eigenvalue weighted by atomic mass is 35.5. The van der Waals surface area contributed by atoms with E-state index in [0.717, 1.165) is 0 Å². The highest BCUT2D eigenvalue weighted by molar-refractivity contribution is 6.44. The minimum Gasteiger partial charge on any atom is -0.481 e. The first-order valence-electron chi connectivity index (χ1n) is 4.92. The number of aliphatic hydroxyl groups excluding tert-OH is 1. The molecule has 3 atom stereocenters. The van der Waals surface area contributed by atoms with Crippen molar-refractivity contribution in [3.63, 3.8) is 0 Å². The number of aliphatic carboxylic acids is 1. The fraction of sp³-hybridized carbons (Fsp3) is 0.900. The molecule has 5 heteroatoms. The van der Waals surface area contributed by atoms with E-state index in [4.69, 9.17) is 23.2 Å². The zero-order valence-corrected chi connectivity index (χ0v) is 10.3. The average molecular weight is 255 g/mol. The second-order valence-corrected chi connectivity index (χ2v) is 5.86. The van der Waals surface area contributed by atoms with Crippen molar-refractivity contribution < 1.29 is 15.0 Å². The zero-order chi connectivity index (χ0) is 11.9. The van der Waals surface area contributed by atoms with Crippen LogP contribution in [0, 0.1) is 16.7 Å². The third-order valence-corrected chi connectivity index (χ3v) is 4.75. The van der Waals surface area contributed by atoms with E-state index in [1.54, 1.807) is 13.8 Å². The molecule has 0 aromatic rings. The predicted octanol–water partition coefficient (Wildman–Crippen LogP) is 2.29. The monoisotopic (exact) mass is 254 g/mol. The number of hydrogen-bond acceptors (Lipinski definition) is 2. The summed E-state index contributed by atoms with van der Waals surface area (Å²) in [6.45, 7) is 3.19. The van der Waals surface area contributed by atoms with Crippen LogP contribution in [0.15, 0.2) is 0 Å². The molecule has 0 radical (unpaired) electrons. The summed E-state index contributed by atoms with van der Waals surface area (Å²) in [5.74, 6) is -1.07. The van der Waals surface area contributed by atoms with Crippen molar-refractivity contribution in [1.29, 1.82) is 0 Å². The van der Waals surface area contributed by atoms with Gasteiger partial charge in [-0.1, -0.05) is 6.92 Å². The van der Waals surface area contributed by atoms with Crippen LogP contribution in [0.5, 0.6) is 0 Å². The lowest BCUT2D eigenvalue weighted by Gasteiger charge is -2.40. The van der Waals surface area contributed by atoms with Crippen LogP contribution < -0.4 is 0 Å². The Hall–Kier alpha value is 0.01000. The number of halogens is 2. The lowest BCUT2D eigenvalue weighted by Crippen LogP contribution is -2.46. The minimum atomic E-state index is -0.950. The molecule has 3 nitrogen and oxygen atoms in total. The lowest BCUT2D eigenvalue weighted by molar-refractivity contribution is -0.157.